The van der Waals surface area contributed by atoms with Crippen LogP contribution in [0.1, 0.15) is 61.1 Å². The highest BCUT2D eigenvalue weighted by molar-refractivity contribution is 6.00. The molecular weight excluding hydrogens is 372 g/mol. The van der Waals surface area contributed by atoms with Gasteiger partial charge in [0, 0.05) is 25.4 Å². The fraction of sp³-hybridized carbons (Fsp3) is 0.545. The van der Waals surface area contributed by atoms with Crippen molar-refractivity contribution in [3.63, 3.8) is 0 Å². The molecule has 154 valence electrons. The summed E-state index contributed by atoms with van der Waals surface area (Å²) in [6, 6.07) is 6.01. The number of nitrogens with zero attached hydrogens (tertiary/aromatic N) is 1. The highest BCUT2D eigenvalue weighted by Crippen LogP contribution is 2.33. The van der Waals surface area contributed by atoms with Crippen molar-refractivity contribution in [1.29, 1.82) is 0 Å². The fourth-order valence-electron chi connectivity index (χ4n) is 4.84. The summed E-state index contributed by atoms with van der Waals surface area (Å²) in [5, 5.41) is 11.6. The molecule has 0 bridgehead atoms. The molecule has 3 amide bonds. The maximum Gasteiger partial charge on any atom is 0.306 e. The molecule has 2 heterocycles. The largest absolute Gasteiger partial charge is 0.481 e. The normalized spacial score (nSPS) is 27.2. The smallest absolute Gasteiger partial charge is 0.306 e. The van der Waals surface area contributed by atoms with Crippen LogP contribution in [0.5, 0.6) is 0 Å². The van der Waals surface area contributed by atoms with E-state index in [0.717, 1.165) is 17.5 Å². The van der Waals surface area contributed by atoms with Crippen LogP contribution >= 0.6 is 0 Å². The minimum absolute atomic E-state index is 0.0922. The van der Waals surface area contributed by atoms with Gasteiger partial charge < -0.3 is 10.0 Å². The molecule has 0 aromatic heterocycles. The molecule has 1 aromatic carbocycles. The van der Waals surface area contributed by atoms with Gasteiger partial charge in [-0.05, 0) is 55.2 Å². The Bertz CT molecular complexity index is 857. The van der Waals surface area contributed by atoms with Gasteiger partial charge in [0.15, 0.2) is 0 Å². The standard InChI is InChI=1S/C22H26N2O5/c25-19-8-7-18(20(26)23-19)16-6-1-13-9-10-24(12-17(13)11-16)21(27)14-2-4-15(5-3-14)22(28)29/h1,6,11,14-15,18H,2-5,7-10,12H2,(H,28,29)(H,23,25,26)/t14-,15-,18?. The highest BCUT2D eigenvalue weighted by Gasteiger charge is 2.34. The number of carbonyl (C=O) groups excluding carboxylic acids is 3. The zero-order chi connectivity index (χ0) is 20.5. The van der Waals surface area contributed by atoms with E-state index in [-0.39, 0.29) is 35.5 Å². The number of hydrogen-bond donors (Lipinski definition) is 2. The van der Waals surface area contributed by atoms with Crippen molar-refractivity contribution in [2.24, 2.45) is 11.8 Å². The molecule has 0 radical (unpaired) electrons. The van der Waals surface area contributed by atoms with E-state index in [4.69, 9.17) is 5.11 Å². The number of nitrogens with one attached hydrogen (secondary N) is 1. The van der Waals surface area contributed by atoms with E-state index in [1.165, 1.54) is 5.56 Å². The lowest BCUT2D eigenvalue weighted by atomic mass is 9.81. The molecule has 1 atom stereocenters. The van der Waals surface area contributed by atoms with Crippen LogP contribution in [0.2, 0.25) is 0 Å². The van der Waals surface area contributed by atoms with Gasteiger partial charge >= 0.3 is 5.97 Å². The van der Waals surface area contributed by atoms with Gasteiger partial charge in [-0.25, -0.2) is 0 Å². The van der Waals surface area contributed by atoms with Gasteiger partial charge in [-0.1, -0.05) is 18.2 Å². The van der Waals surface area contributed by atoms with Crippen molar-refractivity contribution < 1.29 is 24.3 Å². The van der Waals surface area contributed by atoms with Gasteiger partial charge in [-0.3, -0.25) is 24.5 Å². The Morgan fingerprint density at radius 3 is 2.38 bits per heavy atom. The van der Waals surface area contributed by atoms with E-state index in [1.807, 2.05) is 23.1 Å². The Hall–Kier alpha value is -2.70. The number of imide groups is 1. The van der Waals surface area contributed by atoms with Crippen LogP contribution in [0, 0.1) is 11.8 Å². The number of carbonyl (C=O) groups is 4. The van der Waals surface area contributed by atoms with Crippen LogP contribution in [0.15, 0.2) is 18.2 Å². The maximum absolute atomic E-state index is 13.0. The predicted molar refractivity (Wildman–Crippen MR) is 104 cm³/mol. The molecule has 1 saturated carbocycles. The third-order valence-electron chi connectivity index (χ3n) is 6.62. The molecule has 1 saturated heterocycles. The zero-order valence-corrected chi connectivity index (χ0v) is 16.4. The van der Waals surface area contributed by atoms with Gasteiger partial charge in [-0.2, -0.15) is 0 Å². The fourth-order valence-corrected chi connectivity index (χ4v) is 4.84. The number of amides is 3. The van der Waals surface area contributed by atoms with Gasteiger partial charge in [0.1, 0.15) is 0 Å². The van der Waals surface area contributed by atoms with Crippen molar-refractivity contribution in [2.45, 2.75) is 57.4 Å². The lowest BCUT2D eigenvalue weighted by Crippen LogP contribution is -2.41. The molecule has 1 aliphatic carbocycles. The van der Waals surface area contributed by atoms with Crippen molar-refractivity contribution in [2.75, 3.05) is 6.54 Å². The predicted octanol–water partition coefficient (Wildman–Crippen LogP) is 1.98. The summed E-state index contributed by atoms with van der Waals surface area (Å²) >= 11 is 0. The van der Waals surface area contributed by atoms with E-state index >= 15 is 0 Å². The molecule has 2 N–H and O–H groups in total. The molecule has 7 nitrogen and oxygen atoms in total. The number of carboxylic acids is 1. The average molecular weight is 398 g/mol. The number of rotatable bonds is 3. The summed E-state index contributed by atoms with van der Waals surface area (Å²) in [6.45, 7) is 1.19. The van der Waals surface area contributed by atoms with Crippen molar-refractivity contribution in [3.05, 3.63) is 34.9 Å². The number of benzene rings is 1. The summed E-state index contributed by atoms with van der Waals surface area (Å²) in [5.74, 6) is -1.86. The molecule has 4 rings (SSSR count). The molecule has 0 spiro atoms. The molecule has 2 aliphatic heterocycles. The molecule has 1 aromatic rings. The van der Waals surface area contributed by atoms with Crippen LogP contribution in [0.25, 0.3) is 0 Å². The second kappa shape index (κ2) is 7.97. The van der Waals surface area contributed by atoms with E-state index in [2.05, 4.69) is 5.32 Å². The quantitative estimate of drug-likeness (QED) is 0.758. The number of hydrogen-bond acceptors (Lipinski definition) is 4. The van der Waals surface area contributed by atoms with E-state index in [0.29, 0.717) is 51.6 Å². The van der Waals surface area contributed by atoms with Gasteiger partial charge in [-0.15, -0.1) is 0 Å². The first-order valence-corrected chi connectivity index (χ1v) is 10.4. The SMILES string of the molecule is O=C1CCC(c2ccc3c(c2)CN(C(=O)[C@H]2CC[C@H](C(=O)O)CC2)CC3)C(=O)N1. The second-order valence-corrected chi connectivity index (χ2v) is 8.43. The highest BCUT2D eigenvalue weighted by atomic mass is 16.4. The second-order valence-electron chi connectivity index (χ2n) is 8.43. The summed E-state index contributed by atoms with van der Waals surface area (Å²) in [6.07, 6.45) is 4.04. The van der Waals surface area contributed by atoms with Crippen molar-refractivity contribution in [3.8, 4) is 0 Å². The third-order valence-corrected chi connectivity index (χ3v) is 6.62. The Balaban J connectivity index is 1.44. The molecule has 2 fully saturated rings. The Labute approximate surface area is 169 Å². The van der Waals surface area contributed by atoms with Crippen LogP contribution in [0.4, 0.5) is 0 Å². The molecule has 1 unspecified atom stereocenters. The monoisotopic (exact) mass is 398 g/mol. The van der Waals surface area contributed by atoms with Crippen molar-refractivity contribution in [1.82, 2.24) is 10.2 Å². The molecule has 29 heavy (non-hydrogen) atoms. The first kappa shape index (κ1) is 19.6. The number of carboxylic acid groups (broad SMARTS) is 1. The number of aliphatic carboxylic acids is 1. The lowest BCUT2D eigenvalue weighted by Gasteiger charge is -2.34. The minimum Gasteiger partial charge on any atom is -0.481 e. The topological polar surface area (TPSA) is 104 Å². The Morgan fingerprint density at radius 1 is 0.966 bits per heavy atom. The Morgan fingerprint density at radius 2 is 1.69 bits per heavy atom. The number of fused-ring (bicyclic) bond motifs is 1. The zero-order valence-electron chi connectivity index (χ0n) is 16.4. The first-order chi connectivity index (χ1) is 13.9. The lowest BCUT2D eigenvalue weighted by molar-refractivity contribution is -0.146. The van der Waals surface area contributed by atoms with E-state index < -0.39 is 5.97 Å². The summed E-state index contributed by atoms with van der Waals surface area (Å²) in [5.41, 5.74) is 3.15. The molecule has 7 heteroatoms. The van der Waals surface area contributed by atoms with Crippen LogP contribution in [0.3, 0.4) is 0 Å². The van der Waals surface area contributed by atoms with Crippen molar-refractivity contribution >= 4 is 23.7 Å². The molecule has 3 aliphatic rings. The minimum atomic E-state index is -0.760. The summed E-state index contributed by atoms with van der Waals surface area (Å²) in [4.78, 5) is 49.6. The third kappa shape index (κ3) is 4.04. The van der Waals surface area contributed by atoms with E-state index in [1.54, 1.807) is 0 Å². The summed E-state index contributed by atoms with van der Waals surface area (Å²) < 4.78 is 0. The average Bonchev–Trinajstić information content (AvgIpc) is 2.72. The van der Waals surface area contributed by atoms with Crippen LogP contribution in [-0.4, -0.2) is 40.2 Å². The first-order valence-electron chi connectivity index (χ1n) is 10.4. The van der Waals surface area contributed by atoms with Crippen LogP contribution in [-0.2, 0) is 32.1 Å². The number of piperidine rings is 1. The maximum atomic E-state index is 13.0. The van der Waals surface area contributed by atoms with E-state index in [9.17, 15) is 19.2 Å². The van der Waals surface area contributed by atoms with Gasteiger partial charge in [0.05, 0.1) is 11.8 Å². The van der Waals surface area contributed by atoms with Crippen LogP contribution < -0.4 is 5.32 Å². The molecular formula is C22H26N2O5. The summed E-state index contributed by atoms with van der Waals surface area (Å²) in [7, 11) is 0. The van der Waals surface area contributed by atoms with Gasteiger partial charge in [0.2, 0.25) is 17.7 Å². The Kier molecular flexibility index (Phi) is 5.39. The van der Waals surface area contributed by atoms with Gasteiger partial charge in [0.25, 0.3) is 0 Å².